The Labute approximate surface area is 204 Å². The van der Waals surface area contributed by atoms with Crippen LogP contribution in [0.15, 0.2) is 42.5 Å². The Bertz CT molecular complexity index is 1230. The van der Waals surface area contributed by atoms with E-state index in [0.717, 1.165) is 80.5 Å². The number of anilines is 1. The zero-order valence-electron chi connectivity index (χ0n) is 19.4. The van der Waals surface area contributed by atoms with Gasteiger partial charge in [0.05, 0.1) is 5.69 Å². The smallest absolute Gasteiger partial charge is 0.276 e. The van der Waals surface area contributed by atoms with E-state index in [0.29, 0.717) is 22.0 Å². The number of aromatic nitrogens is 2. The van der Waals surface area contributed by atoms with Gasteiger partial charge in [-0.2, -0.15) is 5.10 Å². The zero-order chi connectivity index (χ0) is 23.7. The van der Waals surface area contributed by atoms with Gasteiger partial charge >= 0.3 is 0 Å². The van der Waals surface area contributed by atoms with Crippen LogP contribution in [0.5, 0.6) is 0 Å². The highest BCUT2D eigenvalue weighted by atomic mass is 35.5. The van der Waals surface area contributed by atoms with Crippen molar-refractivity contribution >= 4 is 29.1 Å². The maximum atomic E-state index is 13.5. The highest BCUT2D eigenvalue weighted by Gasteiger charge is 2.26. The number of amides is 2. The van der Waals surface area contributed by atoms with Crippen LogP contribution in [0.25, 0.3) is 5.69 Å². The number of rotatable bonds is 4. The van der Waals surface area contributed by atoms with Crippen LogP contribution in [0.4, 0.5) is 5.69 Å². The van der Waals surface area contributed by atoms with Crippen LogP contribution in [0.3, 0.4) is 0 Å². The maximum absolute atomic E-state index is 13.5. The Morgan fingerprint density at radius 1 is 0.941 bits per heavy atom. The first-order chi connectivity index (χ1) is 16.5. The lowest BCUT2D eigenvalue weighted by atomic mass is 10.0. The monoisotopic (exact) mass is 476 g/mol. The van der Waals surface area contributed by atoms with Crippen LogP contribution >= 0.6 is 11.6 Å². The Balaban J connectivity index is 1.47. The van der Waals surface area contributed by atoms with E-state index in [2.05, 4.69) is 5.32 Å². The Hall–Kier alpha value is -3.12. The number of carbonyl (C=O) groups excluding carboxylic acids is 2. The molecule has 1 fully saturated rings. The highest BCUT2D eigenvalue weighted by molar-refractivity contribution is 6.30. The van der Waals surface area contributed by atoms with Crippen molar-refractivity contribution in [2.45, 2.75) is 51.9 Å². The van der Waals surface area contributed by atoms with E-state index in [1.165, 1.54) is 0 Å². The second-order valence-electron chi connectivity index (χ2n) is 9.15. The molecule has 34 heavy (non-hydrogen) atoms. The molecule has 1 saturated heterocycles. The van der Waals surface area contributed by atoms with Gasteiger partial charge in [0.25, 0.3) is 11.8 Å². The second kappa shape index (κ2) is 9.63. The molecule has 0 unspecified atom stereocenters. The van der Waals surface area contributed by atoms with Crippen LogP contribution in [0.2, 0.25) is 5.02 Å². The van der Waals surface area contributed by atoms with Crippen LogP contribution in [0.1, 0.15) is 69.8 Å². The first-order valence-electron chi connectivity index (χ1n) is 12.1. The SMILES string of the molecule is Cc1c(NC(=O)c2nn(-c3ccc(Cl)cc3)c3c2CCCCC3)cccc1C(=O)N1CCCC1. The molecule has 0 atom stereocenters. The molecule has 0 saturated carbocycles. The summed E-state index contributed by atoms with van der Waals surface area (Å²) in [6.07, 6.45) is 7.06. The topological polar surface area (TPSA) is 67.2 Å². The van der Waals surface area contributed by atoms with Crippen molar-refractivity contribution < 1.29 is 9.59 Å². The number of nitrogens with one attached hydrogen (secondary N) is 1. The van der Waals surface area contributed by atoms with Crippen molar-refractivity contribution in [1.82, 2.24) is 14.7 Å². The third kappa shape index (κ3) is 4.34. The number of carbonyl (C=O) groups is 2. The standard InChI is InChI=1S/C27H29ClN4O2/c1-18-21(27(34)31-16-5-6-17-31)9-7-10-23(18)29-26(33)25-22-8-3-2-4-11-24(22)32(30-25)20-14-12-19(28)13-15-20/h7,9-10,12-15H,2-6,8,11,16-17H2,1H3,(H,29,33). The molecule has 1 aliphatic heterocycles. The number of benzene rings is 2. The fourth-order valence-corrected chi connectivity index (χ4v) is 5.15. The number of halogens is 1. The molecule has 0 spiro atoms. The van der Waals surface area contributed by atoms with Gasteiger partial charge in [-0.05, 0) is 87.4 Å². The van der Waals surface area contributed by atoms with E-state index in [1.807, 2.05) is 59.0 Å². The average molecular weight is 477 g/mol. The van der Waals surface area contributed by atoms with E-state index in [4.69, 9.17) is 16.7 Å². The summed E-state index contributed by atoms with van der Waals surface area (Å²) in [6, 6.07) is 13.1. The van der Waals surface area contributed by atoms with Crippen molar-refractivity contribution in [2.24, 2.45) is 0 Å². The summed E-state index contributed by atoms with van der Waals surface area (Å²) in [6.45, 7) is 3.48. The highest BCUT2D eigenvalue weighted by Crippen LogP contribution is 2.28. The van der Waals surface area contributed by atoms with Crippen molar-refractivity contribution in [1.29, 1.82) is 0 Å². The summed E-state index contributed by atoms with van der Waals surface area (Å²) in [7, 11) is 0. The Morgan fingerprint density at radius 2 is 1.68 bits per heavy atom. The van der Waals surface area contributed by atoms with Gasteiger partial charge in [-0.15, -0.1) is 0 Å². The molecule has 176 valence electrons. The van der Waals surface area contributed by atoms with Crippen LogP contribution < -0.4 is 5.32 Å². The number of hydrogen-bond donors (Lipinski definition) is 1. The second-order valence-corrected chi connectivity index (χ2v) is 9.59. The molecule has 2 aliphatic rings. The lowest BCUT2D eigenvalue weighted by Gasteiger charge is -2.18. The van der Waals surface area contributed by atoms with E-state index in [9.17, 15) is 9.59 Å². The molecule has 0 radical (unpaired) electrons. The molecule has 1 aromatic heterocycles. The summed E-state index contributed by atoms with van der Waals surface area (Å²) in [4.78, 5) is 28.4. The summed E-state index contributed by atoms with van der Waals surface area (Å²) in [5.74, 6) is -0.202. The van der Waals surface area contributed by atoms with Gasteiger partial charge in [-0.3, -0.25) is 9.59 Å². The van der Waals surface area contributed by atoms with Gasteiger partial charge in [0.1, 0.15) is 0 Å². The minimum Gasteiger partial charge on any atom is -0.339 e. The minimum absolute atomic E-state index is 0.0342. The molecule has 6 nitrogen and oxygen atoms in total. The number of likely N-dealkylation sites (tertiary alicyclic amines) is 1. The fourth-order valence-electron chi connectivity index (χ4n) is 5.03. The molecule has 2 heterocycles. The van der Waals surface area contributed by atoms with Gasteiger partial charge in [0, 0.05) is 40.6 Å². The first-order valence-corrected chi connectivity index (χ1v) is 12.5. The quantitative estimate of drug-likeness (QED) is 0.499. The van der Waals surface area contributed by atoms with Gasteiger partial charge in [0.15, 0.2) is 5.69 Å². The van der Waals surface area contributed by atoms with E-state index < -0.39 is 0 Å². The van der Waals surface area contributed by atoms with Crippen molar-refractivity contribution in [2.75, 3.05) is 18.4 Å². The summed E-state index contributed by atoms with van der Waals surface area (Å²) >= 11 is 6.09. The van der Waals surface area contributed by atoms with Crippen molar-refractivity contribution in [3.05, 3.63) is 75.6 Å². The summed E-state index contributed by atoms with van der Waals surface area (Å²) in [5, 5.41) is 8.48. The molecule has 3 aromatic rings. The first kappa shape index (κ1) is 22.7. The largest absolute Gasteiger partial charge is 0.339 e. The van der Waals surface area contributed by atoms with E-state index in [1.54, 1.807) is 0 Å². The lowest BCUT2D eigenvalue weighted by molar-refractivity contribution is 0.0791. The summed E-state index contributed by atoms with van der Waals surface area (Å²) < 4.78 is 1.89. The normalized spacial score (nSPS) is 15.6. The molecular formula is C27H29ClN4O2. The third-order valence-electron chi connectivity index (χ3n) is 6.92. The molecule has 1 N–H and O–H groups in total. The molecule has 7 heteroatoms. The van der Waals surface area contributed by atoms with E-state index >= 15 is 0 Å². The van der Waals surface area contributed by atoms with Crippen LogP contribution in [-0.4, -0.2) is 39.6 Å². The Morgan fingerprint density at radius 3 is 2.44 bits per heavy atom. The fraction of sp³-hybridized carbons (Fsp3) is 0.370. The molecule has 2 aromatic carbocycles. The number of nitrogens with zero attached hydrogens (tertiary/aromatic N) is 3. The minimum atomic E-state index is -0.236. The summed E-state index contributed by atoms with van der Waals surface area (Å²) in [5.41, 5.74) is 5.56. The number of hydrogen-bond acceptors (Lipinski definition) is 3. The van der Waals surface area contributed by atoms with Gasteiger partial charge in [-0.25, -0.2) is 4.68 Å². The Kier molecular flexibility index (Phi) is 6.42. The molecular weight excluding hydrogens is 448 g/mol. The third-order valence-corrected chi connectivity index (χ3v) is 7.17. The van der Waals surface area contributed by atoms with Gasteiger partial charge in [-0.1, -0.05) is 24.1 Å². The predicted molar refractivity (Wildman–Crippen MR) is 134 cm³/mol. The molecule has 2 amide bonds. The number of fused-ring (bicyclic) bond motifs is 1. The molecule has 0 bridgehead atoms. The van der Waals surface area contributed by atoms with Crippen molar-refractivity contribution in [3.8, 4) is 5.69 Å². The lowest BCUT2D eigenvalue weighted by Crippen LogP contribution is -2.28. The maximum Gasteiger partial charge on any atom is 0.276 e. The predicted octanol–water partition coefficient (Wildman–Crippen LogP) is 5.59. The van der Waals surface area contributed by atoms with Crippen LogP contribution in [-0.2, 0) is 12.8 Å². The van der Waals surface area contributed by atoms with Gasteiger partial charge < -0.3 is 10.2 Å². The molecule has 5 rings (SSSR count). The van der Waals surface area contributed by atoms with Crippen LogP contribution in [0, 0.1) is 6.92 Å². The van der Waals surface area contributed by atoms with Crippen molar-refractivity contribution in [3.63, 3.8) is 0 Å². The zero-order valence-corrected chi connectivity index (χ0v) is 20.2. The molecule has 1 aliphatic carbocycles. The van der Waals surface area contributed by atoms with E-state index in [-0.39, 0.29) is 11.8 Å². The average Bonchev–Trinajstić information content (AvgIpc) is 3.43. The van der Waals surface area contributed by atoms with Gasteiger partial charge in [0.2, 0.25) is 0 Å².